The molecule has 1 aliphatic heterocycles. The number of fused-ring (bicyclic) bond motifs is 3. The van der Waals surface area contributed by atoms with Crippen molar-refractivity contribution < 1.29 is 4.74 Å². The van der Waals surface area contributed by atoms with E-state index in [4.69, 9.17) is 27.9 Å². The summed E-state index contributed by atoms with van der Waals surface area (Å²) in [4.78, 5) is 4.04. The van der Waals surface area contributed by atoms with Gasteiger partial charge >= 0.3 is 0 Å². The van der Waals surface area contributed by atoms with Gasteiger partial charge in [0.05, 0.1) is 5.52 Å². The van der Waals surface area contributed by atoms with Gasteiger partial charge < -0.3 is 4.74 Å². The highest BCUT2D eigenvalue weighted by Crippen LogP contribution is 2.44. The molecule has 94 valence electrons. The zero-order valence-electron chi connectivity index (χ0n) is 10.2. The van der Waals surface area contributed by atoms with Gasteiger partial charge in [-0.1, -0.05) is 12.1 Å². The molecule has 0 bridgehead atoms. The smallest absolute Gasteiger partial charge is 0.147 e. The number of benzene rings is 1. The van der Waals surface area contributed by atoms with E-state index in [0.29, 0.717) is 6.42 Å². The lowest BCUT2D eigenvalue weighted by molar-refractivity contribution is 0.133. The fourth-order valence-electron chi connectivity index (χ4n) is 2.40. The van der Waals surface area contributed by atoms with Crippen molar-refractivity contribution in [3.63, 3.8) is 0 Å². The van der Waals surface area contributed by atoms with Crippen LogP contribution in [0.25, 0.3) is 10.9 Å². The summed E-state index contributed by atoms with van der Waals surface area (Å²) in [5, 5.41) is 1.02. The second-order valence-electron chi connectivity index (χ2n) is 4.91. The first kappa shape index (κ1) is 12.1. The number of hydrogen-bond acceptors (Lipinski definition) is 2. The fraction of sp³-hybridized carbons (Fsp3) is 0.357. The molecule has 0 spiro atoms. The maximum absolute atomic E-state index is 6.05. The zero-order chi connectivity index (χ0) is 12.9. The third kappa shape index (κ3) is 1.67. The Kier molecular flexibility index (Phi) is 2.68. The monoisotopic (exact) mass is 281 g/mol. The van der Waals surface area contributed by atoms with Crippen molar-refractivity contribution in [1.82, 2.24) is 4.98 Å². The summed E-state index contributed by atoms with van der Waals surface area (Å²) in [7, 11) is 0. The van der Waals surface area contributed by atoms with Gasteiger partial charge in [0.15, 0.2) is 0 Å². The SMILES string of the molecule is Cc1nc2ccccc2c2c1CC(C)(C(Cl)Cl)O2. The first-order valence-electron chi connectivity index (χ1n) is 5.87. The van der Waals surface area contributed by atoms with Gasteiger partial charge in [0.25, 0.3) is 0 Å². The van der Waals surface area contributed by atoms with Crippen LogP contribution in [0.5, 0.6) is 5.75 Å². The molecule has 0 fully saturated rings. The molecule has 2 heterocycles. The average Bonchev–Trinajstić information content (AvgIpc) is 2.70. The minimum atomic E-state index is -0.567. The molecule has 0 saturated carbocycles. The second kappa shape index (κ2) is 4.01. The highest BCUT2D eigenvalue weighted by atomic mass is 35.5. The van der Waals surface area contributed by atoms with Crippen LogP contribution in [0.15, 0.2) is 24.3 Å². The van der Waals surface area contributed by atoms with Crippen LogP contribution in [-0.4, -0.2) is 15.4 Å². The molecule has 3 rings (SSSR count). The summed E-state index contributed by atoms with van der Waals surface area (Å²) in [6.07, 6.45) is 0.698. The van der Waals surface area contributed by atoms with Crippen LogP contribution in [0.2, 0.25) is 0 Å². The fourth-order valence-corrected chi connectivity index (χ4v) is 2.65. The van der Waals surface area contributed by atoms with Crippen LogP contribution >= 0.6 is 23.2 Å². The number of nitrogens with zero attached hydrogens (tertiary/aromatic N) is 1. The van der Waals surface area contributed by atoms with E-state index in [-0.39, 0.29) is 0 Å². The predicted molar refractivity (Wildman–Crippen MR) is 74.7 cm³/mol. The van der Waals surface area contributed by atoms with Gasteiger partial charge in [0.2, 0.25) is 0 Å². The van der Waals surface area contributed by atoms with E-state index in [1.54, 1.807) is 0 Å². The molecule has 0 N–H and O–H groups in total. The summed E-state index contributed by atoms with van der Waals surface area (Å²) in [6.45, 7) is 3.93. The second-order valence-corrected chi connectivity index (χ2v) is 6.01. The van der Waals surface area contributed by atoms with Crippen LogP contribution in [0.4, 0.5) is 0 Å². The molecule has 18 heavy (non-hydrogen) atoms. The maximum Gasteiger partial charge on any atom is 0.147 e. The lowest BCUT2D eigenvalue weighted by atomic mass is 9.99. The molecule has 1 aromatic heterocycles. The molecular weight excluding hydrogens is 269 g/mol. The molecule has 0 saturated heterocycles. The highest BCUT2D eigenvalue weighted by Gasteiger charge is 2.42. The van der Waals surface area contributed by atoms with E-state index >= 15 is 0 Å². The Morgan fingerprint density at radius 1 is 1.33 bits per heavy atom. The zero-order valence-corrected chi connectivity index (χ0v) is 11.7. The largest absolute Gasteiger partial charge is 0.483 e. The van der Waals surface area contributed by atoms with Crippen LogP contribution in [-0.2, 0) is 6.42 Å². The van der Waals surface area contributed by atoms with E-state index in [1.165, 1.54) is 0 Å². The minimum absolute atomic E-state index is 0.567. The van der Waals surface area contributed by atoms with Crippen molar-refractivity contribution in [2.45, 2.75) is 30.7 Å². The maximum atomic E-state index is 6.05. The first-order chi connectivity index (χ1) is 8.51. The molecule has 1 aromatic carbocycles. The number of halogens is 2. The predicted octanol–water partition coefficient (Wildman–Crippen LogP) is 4.04. The number of hydrogen-bond donors (Lipinski definition) is 0. The standard InChI is InChI=1S/C14H13Cl2NO/c1-8-10-7-14(2,13(15)16)18-12(10)9-5-3-4-6-11(9)17-8/h3-6,13H,7H2,1-2H3. The first-order valence-corrected chi connectivity index (χ1v) is 6.74. The van der Waals surface area contributed by atoms with Crippen LogP contribution in [0, 0.1) is 6.92 Å². The van der Waals surface area contributed by atoms with Gasteiger partial charge in [-0.3, -0.25) is 4.98 Å². The van der Waals surface area contributed by atoms with Gasteiger partial charge in [-0.15, -0.1) is 23.2 Å². The van der Waals surface area contributed by atoms with Crippen molar-refractivity contribution in [3.05, 3.63) is 35.5 Å². The number of rotatable bonds is 1. The van der Waals surface area contributed by atoms with Gasteiger partial charge in [0, 0.05) is 23.1 Å². The van der Waals surface area contributed by atoms with Crippen molar-refractivity contribution >= 4 is 34.1 Å². The van der Waals surface area contributed by atoms with Crippen LogP contribution in [0.1, 0.15) is 18.2 Å². The molecule has 2 aromatic rings. The normalized spacial score (nSPS) is 22.3. The number of aromatic nitrogens is 1. The van der Waals surface area contributed by atoms with Gasteiger partial charge in [-0.25, -0.2) is 0 Å². The number of para-hydroxylation sites is 1. The van der Waals surface area contributed by atoms with Gasteiger partial charge in [-0.2, -0.15) is 0 Å². The molecule has 0 amide bonds. The minimum Gasteiger partial charge on any atom is -0.483 e. The Bertz CT molecular complexity index is 626. The van der Waals surface area contributed by atoms with Crippen molar-refractivity contribution in [2.75, 3.05) is 0 Å². The molecular formula is C14H13Cl2NO. The Labute approximate surface area is 116 Å². The lowest BCUT2D eigenvalue weighted by Gasteiger charge is -2.25. The Hall–Kier alpha value is -0.990. The topological polar surface area (TPSA) is 22.1 Å². The summed E-state index contributed by atoms with van der Waals surface area (Å²) < 4.78 is 6.05. The molecule has 1 atom stereocenters. The lowest BCUT2D eigenvalue weighted by Crippen LogP contribution is -2.37. The third-order valence-electron chi connectivity index (χ3n) is 3.47. The quantitative estimate of drug-likeness (QED) is 0.736. The number of alkyl halides is 2. The number of pyridine rings is 1. The van der Waals surface area contributed by atoms with Crippen molar-refractivity contribution in [1.29, 1.82) is 0 Å². The van der Waals surface area contributed by atoms with Gasteiger partial charge in [0.1, 0.15) is 16.2 Å². The number of ether oxygens (including phenoxy) is 1. The molecule has 4 heteroatoms. The van der Waals surface area contributed by atoms with E-state index in [0.717, 1.165) is 27.9 Å². The van der Waals surface area contributed by atoms with Crippen molar-refractivity contribution in [2.24, 2.45) is 0 Å². The van der Waals surface area contributed by atoms with Gasteiger partial charge in [-0.05, 0) is 26.0 Å². The Morgan fingerprint density at radius 2 is 2.06 bits per heavy atom. The van der Waals surface area contributed by atoms with Crippen LogP contribution in [0.3, 0.4) is 0 Å². The molecule has 0 aliphatic carbocycles. The number of aryl methyl sites for hydroxylation is 1. The summed E-state index contributed by atoms with van der Waals surface area (Å²) >= 11 is 12.1. The van der Waals surface area contributed by atoms with E-state index in [9.17, 15) is 0 Å². The molecule has 1 aliphatic rings. The third-order valence-corrected chi connectivity index (χ3v) is 4.40. The highest BCUT2D eigenvalue weighted by molar-refractivity contribution is 6.45. The summed E-state index contributed by atoms with van der Waals surface area (Å²) in [5.41, 5.74) is 2.48. The Morgan fingerprint density at radius 3 is 2.78 bits per heavy atom. The summed E-state index contributed by atoms with van der Waals surface area (Å²) in [6, 6.07) is 7.96. The van der Waals surface area contributed by atoms with Crippen molar-refractivity contribution in [3.8, 4) is 5.75 Å². The van der Waals surface area contributed by atoms with E-state index in [1.807, 2.05) is 38.1 Å². The molecule has 1 unspecified atom stereocenters. The van der Waals surface area contributed by atoms with E-state index < -0.39 is 10.4 Å². The van der Waals surface area contributed by atoms with E-state index in [2.05, 4.69) is 4.98 Å². The Balaban J connectivity index is 2.24. The average molecular weight is 282 g/mol. The summed E-state index contributed by atoms with van der Waals surface area (Å²) in [5.74, 6) is 0.881. The molecule has 2 nitrogen and oxygen atoms in total. The molecule has 0 radical (unpaired) electrons. The van der Waals surface area contributed by atoms with Crippen LogP contribution < -0.4 is 4.74 Å².